The molecule has 2 amide bonds. The molecule has 0 saturated carbocycles. The van der Waals surface area contributed by atoms with Crippen molar-refractivity contribution >= 4 is 23.2 Å². The number of halogens is 1. The van der Waals surface area contributed by atoms with Crippen molar-refractivity contribution < 1.29 is 14.0 Å². The molecule has 6 heteroatoms. The van der Waals surface area contributed by atoms with Crippen LogP contribution >= 0.6 is 0 Å². The number of benzene rings is 2. The topological polar surface area (TPSA) is 84.2 Å². The van der Waals surface area contributed by atoms with E-state index in [1.165, 1.54) is 30.3 Å². The summed E-state index contributed by atoms with van der Waals surface area (Å²) in [6.45, 7) is 0.466. The van der Waals surface area contributed by atoms with E-state index in [1.54, 1.807) is 30.3 Å². The molecule has 0 aliphatic heterocycles. The predicted octanol–water partition coefficient (Wildman–Crippen LogP) is 3.11. The lowest BCUT2D eigenvalue weighted by molar-refractivity contribution is -0.111. The summed E-state index contributed by atoms with van der Waals surface area (Å²) < 4.78 is 12.8. The molecular weight excluding hydrogens is 321 g/mol. The molecule has 2 rings (SSSR count). The molecule has 0 aliphatic carbocycles. The molecule has 25 heavy (non-hydrogen) atoms. The largest absolute Gasteiger partial charge is 0.397 e. The Hall–Kier alpha value is -3.15. The number of anilines is 2. The van der Waals surface area contributed by atoms with Crippen molar-refractivity contribution in [3.05, 3.63) is 72.1 Å². The van der Waals surface area contributed by atoms with E-state index in [4.69, 9.17) is 5.73 Å². The Morgan fingerprint density at radius 1 is 1.08 bits per heavy atom. The Kier molecular flexibility index (Phi) is 6.71. The number of allylic oxidation sites excluding steroid dienone is 1. The van der Waals surface area contributed by atoms with Crippen LogP contribution in [0.1, 0.15) is 23.2 Å². The van der Waals surface area contributed by atoms with Gasteiger partial charge in [-0.3, -0.25) is 9.59 Å². The zero-order valence-electron chi connectivity index (χ0n) is 13.7. The molecule has 0 aromatic heterocycles. The van der Waals surface area contributed by atoms with Gasteiger partial charge in [0.25, 0.3) is 5.91 Å². The lowest BCUT2D eigenvalue weighted by atomic mass is 10.2. The van der Waals surface area contributed by atoms with Crippen molar-refractivity contribution in [2.75, 3.05) is 17.6 Å². The van der Waals surface area contributed by atoms with E-state index < -0.39 is 0 Å². The van der Waals surface area contributed by atoms with E-state index in [0.29, 0.717) is 36.3 Å². The van der Waals surface area contributed by atoms with Gasteiger partial charge in [0.05, 0.1) is 11.4 Å². The summed E-state index contributed by atoms with van der Waals surface area (Å²) in [6.07, 6.45) is 4.50. The Morgan fingerprint density at radius 3 is 2.52 bits per heavy atom. The number of nitrogens with two attached hydrogens (primary N) is 1. The molecule has 0 heterocycles. The Balaban J connectivity index is 1.66. The summed E-state index contributed by atoms with van der Waals surface area (Å²) in [7, 11) is 0. The Bertz CT molecular complexity index is 758. The maximum atomic E-state index is 12.8. The number of rotatable bonds is 7. The first-order valence-electron chi connectivity index (χ1n) is 7.92. The number of unbranched alkanes of at least 4 members (excludes halogenated alkanes) is 1. The van der Waals surface area contributed by atoms with Crippen molar-refractivity contribution in [2.45, 2.75) is 12.8 Å². The third kappa shape index (κ3) is 6.10. The highest BCUT2D eigenvalue weighted by atomic mass is 19.1. The lowest BCUT2D eigenvalue weighted by Gasteiger charge is -2.05. The van der Waals surface area contributed by atoms with E-state index in [1.807, 2.05) is 0 Å². The van der Waals surface area contributed by atoms with Crippen molar-refractivity contribution in [1.82, 2.24) is 5.32 Å². The summed E-state index contributed by atoms with van der Waals surface area (Å²) in [4.78, 5) is 23.6. The van der Waals surface area contributed by atoms with Gasteiger partial charge in [-0.1, -0.05) is 18.2 Å². The molecule has 0 fully saturated rings. The van der Waals surface area contributed by atoms with Crippen molar-refractivity contribution in [3.8, 4) is 0 Å². The molecule has 2 aromatic carbocycles. The first kappa shape index (κ1) is 18.2. The minimum absolute atomic E-state index is 0.249. The zero-order chi connectivity index (χ0) is 18.1. The molecule has 0 radical (unpaired) electrons. The number of hydrogen-bond acceptors (Lipinski definition) is 3. The van der Waals surface area contributed by atoms with E-state index in [2.05, 4.69) is 10.6 Å². The van der Waals surface area contributed by atoms with Gasteiger partial charge in [-0.2, -0.15) is 0 Å². The zero-order valence-corrected chi connectivity index (χ0v) is 13.7. The van der Waals surface area contributed by atoms with Gasteiger partial charge in [0.2, 0.25) is 5.91 Å². The molecule has 130 valence electrons. The van der Waals surface area contributed by atoms with Gasteiger partial charge in [-0.25, -0.2) is 4.39 Å². The first-order chi connectivity index (χ1) is 12.1. The maximum absolute atomic E-state index is 12.8. The van der Waals surface area contributed by atoms with Gasteiger partial charge >= 0.3 is 0 Å². The molecule has 0 atom stereocenters. The summed E-state index contributed by atoms with van der Waals surface area (Å²) in [5.41, 5.74) is 7.24. The van der Waals surface area contributed by atoms with Gasteiger partial charge in [0.15, 0.2) is 0 Å². The predicted molar refractivity (Wildman–Crippen MR) is 96.6 cm³/mol. The van der Waals surface area contributed by atoms with Crippen LogP contribution in [0, 0.1) is 5.82 Å². The van der Waals surface area contributed by atoms with Crippen LogP contribution < -0.4 is 16.4 Å². The van der Waals surface area contributed by atoms with Gasteiger partial charge in [-0.15, -0.1) is 0 Å². The van der Waals surface area contributed by atoms with Crippen LogP contribution in [0.5, 0.6) is 0 Å². The minimum atomic E-state index is -0.378. The Morgan fingerprint density at radius 2 is 1.80 bits per heavy atom. The molecule has 0 spiro atoms. The van der Waals surface area contributed by atoms with Crippen LogP contribution in [-0.4, -0.2) is 18.4 Å². The summed E-state index contributed by atoms with van der Waals surface area (Å²) >= 11 is 0. The third-order valence-corrected chi connectivity index (χ3v) is 3.43. The van der Waals surface area contributed by atoms with Crippen LogP contribution in [0.3, 0.4) is 0 Å². The quantitative estimate of drug-likeness (QED) is 0.411. The van der Waals surface area contributed by atoms with E-state index >= 15 is 0 Å². The molecule has 0 saturated heterocycles. The van der Waals surface area contributed by atoms with Crippen LogP contribution in [0.15, 0.2) is 60.7 Å². The van der Waals surface area contributed by atoms with E-state index in [-0.39, 0.29) is 17.6 Å². The van der Waals surface area contributed by atoms with Crippen LogP contribution in [0.4, 0.5) is 15.8 Å². The smallest absolute Gasteiger partial charge is 0.251 e. The van der Waals surface area contributed by atoms with Gasteiger partial charge in [0.1, 0.15) is 5.82 Å². The number of carbonyl (C=O) groups is 2. The molecule has 5 nitrogen and oxygen atoms in total. The second-order valence-corrected chi connectivity index (χ2v) is 5.38. The fourth-order valence-electron chi connectivity index (χ4n) is 2.10. The number of nitrogen functional groups attached to an aromatic ring is 1. The van der Waals surface area contributed by atoms with Crippen molar-refractivity contribution in [1.29, 1.82) is 0 Å². The molecular formula is C19H20FN3O2. The van der Waals surface area contributed by atoms with Gasteiger partial charge in [0, 0.05) is 12.1 Å². The highest BCUT2D eigenvalue weighted by Crippen LogP contribution is 2.16. The normalized spacial score (nSPS) is 10.6. The number of amides is 2. The SMILES string of the molecule is Nc1ccccc1NC(=O)/C=C/CCCNC(=O)c1ccc(F)cc1. The number of carbonyl (C=O) groups excluding carboxylic acids is 2. The summed E-state index contributed by atoms with van der Waals surface area (Å²) in [5.74, 6) is -0.883. The molecule has 2 aromatic rings. The summed E-state index contributed by atoms with van der Waals surface area (Å²) in [5, 5.41) is 5.44. The van der Waals surface area contributed by atoms with Crippen LogP contribution in [0.25, 0.3) is 0 Å². The first-order valence-corrected chi connectivity index (χ1v) is 7.92. The number of para-hydroxylation sites is 2. The maximum Gasteiger partial charge on any atom is 0.251 e. The number of hydrogen-bond donors (Lipinski definition) is 3. The minimum Gasteiger partial charge on any atom is -0.397 e. The average molecular weight is 341 g/mol. The van der Waals surface area contributed by atoms with E-state index in [0.717, 1.165) is 0 Å². The van der Waals surface area contributed by atoms with Crippen LogP contribution in [-0.2, 0) is 4.79 Å². The molecule has 0 unspecified atom stereocenters. The van der Waals surface area contributed by atoms with Gasteiger partial charge < -0.3 is 16.4 Å². The highest BCUT2D eigenvalue weighted by molar-refractivity contribution is 6.01. The van der Waals surface area contributed by atoms with Crippen molar-refractivity contribution in [3.63, 3.8) is 0 Å². The fraction of sp³-hybridized carbons (Fsp3) is 0.158. The standard InChI is InChI=1S/C19H20FN3O2/c20-15-11-9-14(10-12-15)19(25)22-13-5-1-2-8-18(24)23-17-7-4-3-6-16(17)21/h2-4,6-12H,1,5,13,21H2,(H,22,25)(H,23,24)/b8-2+. The second kappa shape index (κ2) is 9.22. The van der Waals surface area contributed by atoms with Crippen LogP contribution in [0.2, 0.25) is 0 Å². The monoisotopic (exact) mass is 341 g/mol. The summed E-state index contributed by atoms with van der Waals surface area (Å²) in [6, 6.07) is 12.4. The average Bonchev–Trinajstić information content (AvgIpc) is 2.60. The van der Waals surface area contributed by atoms with E-state index in [9.17, 15) is 14.0 Å². The third-order valence-electron chi connectivity index (χ3n) is 3.43. The molecule has 0 aliphatic rings. The fourth-order valence-corrected chi connectivity index (χ4v) is 2.10. The Labute approximate surface area is 145 Å². The molecule has 0 bridgehead atoms. The lowest BCUT2D eigenvalue weighted by Crippen LogP contribution is -2.24. The second-order valence-electron chi connectivity index (χ2n) is 5.38. The van der Waals surface area contributed by atoms with Crippen molar-refractivity contribution in [2.24, 2.45) is 0 Å². The molecule has 4 N–H and O–H groups in total. The van der Waals surface area contributed by atoms with Gasteiger partial charge in [-0.05, 0) is 55.3 Å². The highest BCUT2D eigenvalue weighted by Gasteiger charge is 2.04. The number of nitrogens with one attached hydrogen (secondary N) is 2.